The lowest BCUT2D eigenvalue weighted by molar-refractivity contribution is -0.129. The highest BCUT2D eigenvalue weighted by molar-refractivity contribution is 5.84. The maximum absolute atomic E-state index is 11.7. The SMILES string of the molecule is CCC1CCCCC1OCC(C)(NC1CC1)C(N)=O. The summed E-state index contributed by atoms with van der Waals surface area (Å²) >= 11 is 0. The Morgan fingerprint density at radius 1 is 1.32 bits per heavy atom. The van der Waals surface area contributed by atoms with Gasteiger partial charge in [-0.1, -0.05) is 26.2 Å². The van der Waals surface area contributed by atoms with Crippen molar-refractivity contribution in [3.63, 3.8) is 0 Å². The number of carbonyl (C=O) groups is 1. The number of hydrogen-bond donors (Lipinski definition) is 2. The quantitative estimate of drug-likeness (QED) is 0.742. The van der Waals surface area contributed by atoms with Gasteiger partial charge < -0.3 is 10.5 Å². The molecule has 0 aromatic rings. The van der Waals surface area contributed by atoms with E-state index in [9.17, 15) is 4.79 Å². The van der Waals surface area contributed by atoms with Crippen LogP contribution < -0.4 is 11.1 Å². The molecule has 2 aliphatic rings. The van der Waals surface area contributed by atoms with Gasteiger partial charge in [0.25, 0.3) is 0 Å². The lowest BCUT2D eigenvalue weighted by atomic mass is 9.84. The van der Waals surface area contributed by atoms with E-state index in [4.69, 9.17) is 10.5 Å². The van der Waals surface area contributed by atoms with Crippen molar-refractivity contribution in [2.24, 2.45) is 11.7 Å². The molecule has 3 unspecified atom stereocenters. The molecule has 0 aromatic carbocycles. The van der Waals surface area contributed by atoms with E-state index in [0.717, 1.165) is 25.7 Å². The fraction of sp³-hybridized carbons (Fsp3) is 0.933. The third-order valence-corrected chi connectivity index (χ3v) is 4.59. The number of hydrogen-bond acceptors (Lipinski definition) is 3. The molecule has 0 heterocycles. The normalized spacial score (nSPS) is 30.8. The average Bonchev–Trinajstić information content (AvgIpc) is 3.20. The number of amides is 1. The Morgan fingerprint density at radius 3 is 2.58 bits per heavy atom. The maximum atomic E-state index is 11.7. The van der Waals surface area contributed by atoms with Crippen molar-refractivity contribution in [2.75, 3.05) is 6.61 Å². The minimum absolute atomic E-state index is 0.303. The highest BCUT2D eigenvalue weighted by Gasteiger charge is 2.38. The molecule has 3 N–H and O–H groups in total. The fourth-order valence-corrected chi connectivity index (χ4v) is 3.00. The Morgan fingerprint density at radius 2 is 2.00 bits per heavy atom. The average molecular weight is 268 g/mol. The van der Waals surface area contributed by atoms with Gasteiger partial charge in [0, 0.05) is 6.04 Å². The molecule has 2 fully saturated rings. The van der Waals surface area contributed by atoms with Gasteiger partial charge in [0.1, 0.15) is 5.54 Å². The third kappa shape index (κ3) is 3.93. The summed E-state index contributed by atoms with van der Waals surface area (Å²) in [5, 5.41) is 3.34. The maximum Gasteiger partial charge on any atom is 0.239 e. The molecule has 0 bridgehead atoms. The lowest BCUT2D eigenvalue weighted by Crippen LogP contribution is -2.57. The van der Waals surface area contributed by atoms with Crippen LogP contribution in [0.15, 0.2) is 0 Å². The van der Waals surface area contributed by atoms with Crippen LogP contribution in [0.4, 0.5) is 0 Å². The molecular weight excluding hydrogens is 240 g/mol. The van der Waals surface area contributed by atoms with E-state index in [1.807, 2.05) is 6.92 Å². The zero-order valence-corrected chi connectivity index (χ0v) is 12.3. The summed E-state index contributed by atoms with van der Waals surface area (Å²) in [6.07, 6.45) is 8.68. The molecule has 3 atom stereocenters. The summed E-state index contributed by atoms with van der Waals surface area (Å²) in [5.41, 5.74) is 4.84. The van der Waals surface area contributed by atoms with Gasteiger partial charge in [0.05, 0.1) is 12.7 Å². The van der Waals surface area contributed by atoms with E-state index in [1.165, 1.54) is 19.3 Å². The predicted octanol–water partition coefficient (Wildman–Crippen LogP) is 1.97. The summed E-state index contributed by atoms with van der Waals surface area (Å²) in [6, 6.07) is 0.453. The minimum atomic E-state index is -0.711. The minimum Gasteiger partial charge on any atom is -0.375 e. The van der Waals surface area contributed by atoms with E-state index >= 15 is 0 Å². The molecule has 0 radical (unpaired) electrons. The summed E-state index contributed by atoms with van der Waals surface area (Å²) in [4.78, 5) is 11.7. The van der Waals surface area contributed by atoms with E-state index < -0.39 is 5.54 Å². The topological polar surface area (TPSA) is 64.3 Å². The first-order chi connectivity index (χ1) is 9.05. The Hall–Kier alpha value is -0.610. The molecule has 2 saturated carbocycles. The lowest BCUT2D eigenvalue weighted by Gasteiger charge is -2.35. The van der Waals surface area contributed by atoms with Gasteiger partial charge in [-0.05, 0) is 38.5 Å². The number of carbonyl (C=O) groups excluding carboxylic acids is 1. The molecule has 4 nitrogen and oxygen atoms in total. The predicted molar refractivity (Wildman–Crippen MR) is 75.7 cm³/mol. The molecule has 4 heteroatoms. The summed E-state index contributed by atoms with van der Waals surface area (Å²) in [6.45, 7) is 4.50. The van der Waals surface area contributed by atoms with Crippen molar-refractivity contribution >= 4 is 5.91 Å². The molecule has 0 aliphatic heterocycles. The second-order valence-corrected chi connectivity index (χ2v) is 6.42. The monoisotopic (exact) mass is 268 g/mol. The van der Waals surface area contributed by atoms with E-state index in [0.29, 0.717) is 24.7 Å². The third-order valence-electron chi connectivity index (χ3n) is 4.59. The summed E-state index contributed by atoms with van der Waals surface area (Å²) < 4.78 is 6.08. The van der Waals surface area contributed by atoms with Gasteiger partial charge in [-0.2, -0.15) is 0 Å². The molecule has 2 rings (SSSR count). The second kappa shape index (κ2) is 6.23. The molecule has 0 spiro atoms. The smallest absolute Gasteiger partial charge is 0.239 e. The second-order valence-electron chi connectivity index (χ2n) is 6.42. The Bertz CT molecular complexity index is 317. The van der Waals surface area contributed by atoms with Crippen molar-refractivity contribution < 1.29 is 9.53 Å². The molecule has 2 aliphatic carbocycles. The van der Waals surface area contributed by atoms with E-state index in [-0.39, 0.29) is 5.91 Å². The van der Waals surface area contributed by atoms with Gasteiger partial charge in [-0.3, -0.25) is 10.1 Å². The van der Waals surface area contributed by atoms with Crippen molar-refractivity contribution in [1.29, 1.82) is 0 Å². The van der Waals surface area contributed by atoms with Crippen LogP contribution in [0.1, 0.15) is 58.8 Å². The number of ether oxygens (including phenoxy) is 1. The zero-order valence-electron chi connectivity index (χ0n) is 12.3. The Labute approximate surface area is 116 Å². The van der Waals surface area contributed by atoms with Crippen molar-refractivity contribution in [3.05, 3.63) is 0 Å². The number of rotatable bonds is 7. The molecule has 110 valence electrons. The summed E-state index contributed by atoms with van der Waals surface area (Å²) in [5.74, 6) is 0.343. The first-order valence-corrected chi connectivity index (χ1v) is 7.74. The largest absolute Gasteiger partial charge is 0.375 e. The Balaban J connectivity index is 1.88. The highest BCUT2D eigenvalue weighted by atomic mass is 16.5. The van der Waals surface area contributed by atoms with Gasteiger partial charge in [-0.25, -0.2) is 0 Å². The van der Waals surface area contributed by atoms with Crippen LogP contribution in [-0.4, -0.2) is 30.2 Å². The number of nitrogens with one attached hydrogen (secondary N) is 1. The summed E-state index contributed by atoms with van der Waals surface area (Å²) in [7, 11) is 0. The molecule has 0 aromatic heterocycles. The van der Waals surface area contributed by atoms with Gasteiger partial charge in [0.2, 0.25) is 5.91 Å². The van der Waals surface area contributed by atoms with Crippen molar-refractivity contribution in [1.82, 2.24) is 5.32 Å². The van der Waals surface area contributed by atoms with Crippen LogP contribution in [0.25, 0.3) is 0 Å². The van der Waals surface area contributed by atoms with Crippen molar-refractivity contribution in [2.45, 2.75) is 76.5 Å². The first-order valence-electron chi connectivity index (χ1n) is 7.74. The van der Waals surface area contributed by atoms with Gasteiger partial charge in [-0.15, -0.1) is 0 Å². The molecular formula is C15H28N2O2. The highest BCUT2D eigenvalue weighted by Crippen LogP contribution is 2.30. The van der Waals surface area contributed by atoms with Crippen LogP contribution in [0.5, 0.6) is 0 Å². The van der Waals surface area contributed by atoms with Gasteiger partial charge in [0.15, 0.2) is 0 Å². The molecule has 19 heavy (non-hydrogen) atoms. The zero-order chi connectivity index (χ0) is 13.9. The molecule has 1 amide bonds. The van der Waals surface area contributed by atoms with Crippen LogP contribution >= 0.6 is 0 Å². The van der Waals surface area contributed by atoms with Crippen LogP contribution in [0.2, 0.25) is 0 Å². The van der Waals surface area contributed by atoms with E-state index in [2.05, 4.69) is 12.2 Å². The number of primary amides is 1. The first kappa shape index (κ1) is 14.8. The van der Waals surface area contributed by atoms with Crippen molar-refractivity contribution in [3.8, 4) is 0 Å². The van der Waals surface area contributed by atoms with Crippen LogP contribution in [-0.2, 0) is 9.53 Å². The van der Waals surface area contributed by atoms with Gasteiger partial charge >= 0.3 is 0 Å². The fourth-order valence-electron chi connectivity index (χ4n) is 3.00. The standard InChI is InChI=1S/C15H28N2O2/c1-3-11-6-4-5-7-13(11)19-10-15(2,14(16)18)17-12-8-9-12/h11-13,17H,3-10H2,1-2H3,(H2,16,18). The molecule has 0 saturated heterocycles. The van der Waals surface area contributed by atoms with E-state index in [1.54, 1.807) is 0 Å². The van der Waals surface area contributed by atoms with Crippen LogP contribution in [0, 0.1) is 5.92 Å². The van der Waals surface area contributed by atoms with Crippen LogP contribution in [0.3, 0.4) is 0 Å². The Kier molecular flexibility index (Phi) is 4.85. The number of nitrogens with two attached hydrogens (primary N) is 1.